The molecule has 0 bridgehead atoms. The van der Waals surface area contributed by atoms with Gasteiger partial charge < -0.3 is 14.7 Å². The lowest BCUT2D eigenvalue weighted by atomic mass is 10.1. The average Bonchev–Trinajstić information content (AvgIpc) is 2.92. The van der Waals surface area contributed by atoms with Crippen molar-refractivity contribution in [3.63, 3.8) is 0 Å². The Morgan fingerprint density at radius 3 is 2.52 bits per heavy atom. The van der Waals surface area contributed by atoms with E-state index in [9.17, 15) is 4.79 Å². The quantitative estimate of drug-likeness (QED) is 0.942. The number of rotatable bonds is 3. The molecule has 1 heterocycles. The zero-order valence-electron chi connectivity index (χ0n) is 12.8. The van der Waals surface area contributed by atoms with Crippen LogP contribution in [0.25, 0.3) is 11.4 Å². The van der Waals surface area contributed by atoms with Crippen molar-refractivity contribution in [2.75, 3.05) is 7.05 Å². The highest BCUT2D eigenvalue weighted by Gasteiger charge is 2.27. The molecule has 0 radical (unpaired) electrons. The first-order valence-electron chi connectivity index (χ1n) is 6.79. The van der Waals surface area contributed by atoms with E-state index in [1.807, 2.05) is 51.1 Å². The number of benzene rings is 1. The van der Waals surface area contributed by atoms with Crippen molar-refractivity contribution in [3.8, 4) is 11.4 Å². The third-order valence-electron chi connectivity index (χ3n) is 3.06. The Labute approximate surface area is 124 Å². The second kappa shape index (κ2) is 5.95. The van der Waals surface area contributed by atoms with Crippen LogP contribution in [-0.2, 0) is 6.54 Å². The van der Waals surface area contributed by atoms with Gasteiger partial charge >= 0.3 is 6.03 Å². The van der Waals surface area contributed by atoms with Gasteiger partial charge in [0.1, 0.15) is 6.54 Å². The predicted molar refractivity (Wildman–Crippen MR) is 79.5 cm³/mol. The minimum Gasteiger partial charge on any atom is -0.341 e. The Hall–Kier alpha value is -2.37. The van der Waals surface area contributed by atoms with Crippen molar-refractivity contribution in [2.45, 2.75) is 32.9 Å². The third kappa shape index (κ3) is 3.59. The second-order valence-corrected chi connectivity index (χ2v) is 5.69. The minimum atomic E-state index is -0.346. The molecule has 0 unspecified atom stereocenters. The Morgan fingerprint density at radius 1 is 1.29 bits per heavy atom. The summed E-state index contributed by atoms with van der Waals surface area (Å²) in [4.78, 5) is 18.0. The van der Waals surface area contributed by atoms with Gasteiger partial charge in [-0.05, 0) is 20.8 Å². The summed E-state index contributed by atoms with van der Waals surface area (Å²) in [7, 11) is 1.60. The molecule has 0 aliphatic heterocycles. The van der Waals surface area contributed by atoms with Crippen LogP contribution in [0.1, 0.15) is 26.7 Å². The zero-order chi connectivity index (χ0) is 15.5. The van der Waals surface area contributed by atoms with E-state index in [0.29, 0.717) is 11.7 Å². The third-order valence-corrected chi connectivity index (χ3v) is 3.06. The first-order valence-corrected chi connectivity index (χ1v) is 6.79. The molecule has 2 aromatic rings. The van der Waals surface area contributed by atoms with E-state index in [1.165, 1.54) is 0 Å². The molecule has 6 heteroatoms. The monoisotopic (exact) mass is 288 g/mol. The summed E-state index contributed by atoms with van der Waals surface area (Å²) < 4.78 is 5.26. The predicted octanol–water partition coefficient (Wildman–Crippen LogP) is 2.68. The fraction of sp³-hybridized carbons (Fsp3) is 0.400. The number of urea groups is 1. The van der Waals surface area contributed by atoms with Crippen LogP contribution in [0, 0.1) is 0 Å². The minimum absolute atomic E-state index is 0.179. The van der Waals surface area contributed by atoms with Crippen molar-refractivity contribution in [3.05, 3.63) is 36.2 Å². The molecule has 0 aliphatic carbocycles. The maximum Gasteiger partial charge on any atom is 0.318 e. The van der Waals surface area contributed by atoms with Crippen LogP contribution >= 0.6 is 0 Å². The summed E-state index contributed by atoms with van der Waals surface area (Å²) in [5, 5.41) is 6.59. The molecule has 21 heavy (non-hydrogen) atoms. The molecule has 2 amide bonds. The lowest BCUT2D eigenvalue weighted by molar-refractivity contribution is 0.130. The number of carbonyl (C=O) groups is 1. The number of hydrogen-bond acceptors (Lipinski definition) is 4. The van der Waals surface area contributed by atoms with Gasteiger partial charge in [0.2, 0.25) is 11.7 Å². The molecule has 1 aromatic carbocycles. The lowest BCUT2D eigenvalue weighted by Crippen LogP contribution is -2.48. The SMILES string of the molecule is CNC(=O)N(Cc1nc(-c2ccccc2)no1)C(C)(C)C. The topological polar surface area (TPSA) is 71.3 Å². The van der Waals surface area contributed by atoms with Crippen molar-refractivity contribution >= 4 is 6.03 Å². The molecular formula is C15H20N4O2. The molecule has 0 fully saturated rings. The van der Waals surface area contributed by atoms with Crippen LogP contribution in [0.2, 0.25) is 0 Å². The van der Waals surface area contributed by atoms with Crippen LogP contribution in [0.4, 0.5) is 4.79 Å². The highest BCUT2D eigenvalue weighted by molar-refractivity contribution is 5.74. The molecule has 0 saturated carbocycles. The van der Waals surface area contributed by atoms with Crippen LogP contribution in [0.5, 0.6) is 0 Å². The summed E-state index contributed by atoms with van der Waals surface area (Å²) in [6.07, 6.45) is 0. The molecule has 0 aliphatic rings. The van der Waals surface area contributed by atoms with Crippen LogP contribution in [0.3, 0.4) is 0 Å². The Bertz CT molecular complexity index is 602. The number of carbonyl (C=O) groups excluding carboxylic acids is 1. The normalized spacial score (nSPS) is 11.2. The van der Waals surface area contributed by atoms with Gasteiger partial charge in [0.15, 0.2) is 0 Å². The molecule has 112 valence electrons. The van der Waals surface area contributed by atoms with Crippen LogP contribution in [-0.4, -0.2) is 33.7 Å². The van der Waals surface area contributed by atoms with Crippen molar-refractivity contribution in [1.29, 1.82) is 0 Å². The zero-order valence-corrected chi connectivity index (χ0v) is 12.8. The Kier molecular flexibility index (Phi) is 4.26. The van der Waals surface area contributed by atoms with E-state index in [-0.39, 0.29) is 18.1 Å². The van der Waals surface area contributed by atoms with E-state index in [2.05, 4.69) is 15.5 Å². The maximum absolute atomic E-state index is 12.0. The standard InChI is InChI=1S/C15H20N4O2/c1-15(2,3)19(14(20)16-4)10-12-17-13(18-21-12)11-8-6-5-7-9-11/h5-9H,10H2,1-4H3,(H,16,20). The largest absolute Gasteiger partial charge is 0.341 e. The van der Waals surface area contributed by atoms with E-state index in [0.717, 1.165) is 5.56 Å². The van der Waals surface area contributed by atoms with Gasteiger partial charge in [0, 0.05) is 18.2 Å². The summed E-state index contributed by atoms with van der Waals surface area (Å²) in [5.74, 6) is 0.934. The first-order chi connectivity index (χ1) is 9.91. The Morgan fingerprint density at radius 2 is 1.95 bits per heavy atom. The fourth-order valence-corrected chi connectivity index (χ4v) is 1.91. The molecular weight excluding hydrogens is 268 g/mol. The van der Waals surface area contributed by atoms with E-state index in [4.69, 9.17) is 4.52 Å². The van der Waals surface area contributed by atoms with Gasteiger partial charge in [-0.1, -0.05) is 35.5 Å². The van der Waals surface area contributed by atoms with Gasteiger partial charge in [0.05, 0.1) is 0 Å². The molecule has 1 aromatic heterocycles. The lowest BCUT2D eigenvalue weighted by Gasteiger charge is -2.34. The number of nitrogens with zero attached hydrogens (tertiary/aromatic N) is 3. The molecule has 6 nitrogen and oxygen atoms in total. The number of aromatic nitrogens is 2. The van der Waals surface area contributed by atoms with Gasteiger partial charge in [-0.2, -0.15) is 4.98 Å². The molecule has 0 saturated heterocycles. The summed E-state index contributed by atoms with van der Waals surface area (Å²) in [6, 6.07) is 9.40. The van der Waals surface area contributed by atoms with Crippen LogP contribution < -0.4 is 5.32 Å². The average molecular weight is 288 g/mol. The summed E-state index contributed by atoms with van der Waals surface area (Å²) in [6.45, 7) is 6.13. The van der Waals surface area contributed by atoms with Crippen molar-refractivity contribution in [2.24, 2.45) is 0 Å². The summed E-state index contributed by atoms with van der Waals surface area (Å²) >= 11 is 0. The van der Waals surface area contributed by atoms with Crippen molar-refractivity contribution in [1.82, 2.24) is 20.4 Å². The fourth-order valence-electron chi connectivity index (χ4n) is 1.91. The van der Waals surface area contributed by atoms with Gasteiger partial charge in [-0.25, -0.2) is 4.79 Å². The smallest absolute Gasteiger partial charge is 0.318 e. The van der Waals surface area contributed by atoms with E-state index < -0.39 is 0 Å². The number of amides is 2. The molecule has 0 spiro atoms. The second-order valence-electron chi connectivity index (χ2n) is 5.69. The van der Waals surface area contributed by atoms with Crippen LogP contribution in [0.15, 0.2) is 34.9 Å². The van der Waals surface area contributed by atoms with Gasteiger partial charge in [-0.15, -0.1) is 0 Å². The molecule has 1 N–H and O–H groups in total. The highest BCUT2D eigenvalue weighted by Crippen LogP contribution is 2.19. The van der Waals surface area contributed by atoms with Gasteiger partial charge in [-0.3, -0.25) is 0 Å². The van der Waals surface area contributed by atoms with E-state index in [1.54, 1.807) is 11.9 Å². The molecule has 0 atom stereocenters. The van der Waals surface area contributed by atoms with Gasteiger partial charge in [0.25, 0.3) is 0 Å². The summed E-state index contributed by atoms with van der Waals surface area (Å²) in [5.41, 5.74) is 0.538. The number of nitrogens with one attached hydrogen (secondary N) is 1. The van der Waals surface area contributed by atoms with E-state index >= 15 is 0 Å². The Balaban J connectivity index is 2.19. The highest BCUT2D eigenvalue weighted by atomic mass is 16.5. The first kappa shape index (κ1) is 15.0. The molecule has 2 rings (SSSR count). The maximum atomic E-state index is 12.0. The van der Waals surface area contributed by atoms with Crippen molar-refractivity contribution < 1.29 is 9.32 Å². The number of hydrogen-bond donors (Lipinski definition) is 1.